The summed E-state index contributed by atoms with van der Waals surface area (Å²) < 4.78 is 1.52. The Kier molecular flexibility index (Phi) is 5.86. The highest BCUT2D eigenvalue weighted by atomic mass is 32.2. The lowest BCUT2D eigenvalue weighted by Gasteiger charge is -2.15. The predicted molar refractivity (Wildman–Crippen MR) is 133 cm³/mol. The second kappa shape index (κ2) is 8.96. The van der Waals surface area contributed by atoms with Gasteiger partial charge in [-0.1, -0.05) is 42.1 Å². The summed E-state index contributed by atoms with van der Waals surface area (Å²) in [6, 6.07) is 16.9. The maximum Gasteiger partial charge on any atom is 0.263 e. The molecule has 0 atom stereocenters. The molecule has 4 aromatic rings. The van der Waals surface area contributed by atoms with E-state index in [2.05, 4.69) is 4.98 Å². The number of rotatable bonds is 6. The second-order valence-electron chi connectivity index (χ2n) is 7.86. The van der Waals surface area contributed by atoms with Crippen LogP contribution >= 0.6 is 23.1 Å². The van der Waals surface area contributed by atoms with Crippen molar-refractivity contribution in [3.63, 3.8) is 0 Å². The number of benzene rings is 2. The number of fused-ring (bicyclic) bond motifs is 1. The highest BCUT2D eigenvalue weighted by Gasteiger charge is 2.22. The van der Waals surface area contributed by atoms with Crippen LogP contribution in [0.15, 0.2) is 69.9 Å². The summed E-state index contributed by atoms with van der Waals surface area (Å²) in [6.45, 7) is 0.721. The molecule has 2 aromatic carbocycles. The van der Waals surface area contributed by atoms with Crippen molar-refractivity contribution >= 4 is 50.7 Å². The minimum atomic E-state index is -0.116. The fourth-order valence-corrected chi connectivity index (χ4v) is 5.83. The molecule has 0 unspecified atom stereocenters. The number of carbonyl (C=O) groups is 2. The van der Waals surface area contributed by atoms with Crippen molar-refractivity contribution in [2.75, 3.05) is 17.2 Å². The Bertz CT molecular complexity index is 1410. The molecule has 0 N–H and O–H groups in total. The third-order valence-corrected chi connectivity index (χ3v) is 7.67. The standard InChI is InChI=1S/C25H21N3O3S2/c1-27-24(31)22-19(16-6-3-2-4-7-16)14-32-23(22)26-25(27)33-15-20(29)17-9-11-18(12-10-17)28-13-5-8-21(28)30/h2-4,6-7,9-12,14H,5,8,13,15H2,1H3. The fourth-order valence-electron chi connectivity index (χ4n) is 3.97. The third-order valence-electron chi connectivity index (χ3n) is 5.77. The van der Waals surface area contributed by atoms with Gasteiger partial charge in [0.1, 0.15) is 4.83 Å². The van der Waals surface area contributed by atoms with Gasteiger partial charge in [0.15, 0.2) is 10.9 Å². The Morgan fingerprint density at radius 2 is 1.85 bits per heavy atom. The van der Waals surface area contributed by atoms with E-state index in [0.717, 1.165) is 29.8 Å². The van der Waals surface area contributed by atoms with Crippen LogP contribution in [0.4, 0.5) is 5.69 Å². The van der Waals surface area contributed by atoms with E-state index in [1.807, 2.05) is 47.8 Å². The minimum Gasteiger partial charge on any atom is -0.312 e. The Labute approximate surface area is 198 Å². The number of ketones is 1. The van der Waals surface area contributed by atoms with E-state index in [-0.39, 0.29) is 23.0 Å². The van der Waals surface area contributed by atoms with Crippen molar-refractivity contribution in [2.45, 2.75) is 18.0 Å². The van der Waals surface area contributed by atoms with E-state index in [1.54, 1.807) is 24.1 Å². The van der Waals surface area contributed by atoms with Crippen molar-refractivity contribution < 1.29 is 9.59 Å². The van der Waals surface area contributed by atoms with Crippen molar-refractivity contribution in [2.24, 2.45) is 7.05 Å². The van der Waals surface area contributed by atoms with Gasteiger partial charge in [-0.25, -0.2) is 4.98 Å². The molecule has 0 bridgehead atoms. The van der Waals surface area contributed by atoms with E-state index in [4.69, 9.17) is 0 Å². The van der Waals surface area contributed by atoms with Crippen molar-refractivity contribution in [3.8, 4) is 11.1 Å². The van der Waals surface area contributed by atoms with Crippen molar-refractivity contribution in [3.05, 3.63) is 75.9 Å². The molecule has 1 amide bonds. The minimum absolute atomic E-state index is 0.0511. The molecule has 6 nitrogen and oxygen atoms in total. The van der Waals surface area contributed by atoms with E-state index < -0.39 is 0 Å². The van der Waals surface area contributed by atoms with Gasteiger partial charge in [0.05, 0.1) is 11.1 Å². The van der Waals surface area contributed by atoms with E-state index in [9.17, 15) is 14.4 Å². The van der Waals surface area contributed by atoms with Gasteiger partial charge in [-0.05, 0) is 36.2 Å². The highest BCUT2D eigenvalue weighted by molar-refractivity contribution is 7.99. The van der Waals surface area contributed by atoms with Crippen LogP contribution in [-0.2, 0) is 11.8 Å². The highest BCUT2D eigenvalue weighted by Crippen LogP contribution is 2.32. The molecular formula is C25H21N3O3S2. The average molecular weight is 476 g/mol. The summed E-state index contributed by atoms with van der Waals surface area (Å²) in [4.78, 5) is 44.9. The summed E-state index contributed by atoms with van der Waals surface area (Å²) in [5.41, 5.74) is 3.15. The SMILES string of the molecule is Cn1c(SCC(=O)c2ccc(N3CCCC3=O)cc2)nc2scc(-c3ccccc3)c2c1=O. The molecule has 33 heavy (non-hydrogen) atoms. The zero-order valence-corrected chi connectivity index (χ0v) is 19.6. The van der Waals surface area contributed by atoms with Crippen LogP contribution in [0.25, 0.3) is 21.3 Å². The summed E-state index contributed by atoms with van der Waals surface area (Å²) in [5.74, 6) is 0.242. The molecule has 1 fully saturated rings. The molecule has 1 aliphatic heterocycles. The fraction of sp³-hybridized carbons (Fsp3) is 0.200. The zero-order valence-electron chi connectivity index (χ0n) is 18.0. The molecule has 2 aromatic heterocycles. The first-order valence-corrected chi connectivity index (χ1v) is 12.5. The molecular weight excluding hydrogens is 454 g/mol. The first kappa shape index (κ1) is 21.6. The summed E-state index contributed by atoms with van der Waals surface area (Å²) >= 11 is 2.69. The molecule has 1 saturated heterocycles. The van der Waals surface area contributed by atoms with Crippen LogP contribution in [0.3, 0.4) is 0 Å². The van der Waals surface area contributed by atoms with Crippen LogP contribution in [0, 0.1) is 0 Å². The number of aromatic nitrogens is 2. The first-order valence-electron chi connectivity index (χ1n) is 10.6. The van der Waals surface area contributed by atoms with Gasteiger partial charge >= 0.3 is 0 Å². The molecule has 0 aliphatic carbocycles. The largest absolute Gasteiger partial charge is 0.312 e. The lowest BCUT2D eigenvalue weighted by molar-refractivity contribution is -0.117. The lowest BCUT2D eigenvalue weighted by atomic mass is 10.1. The number of hydrogen-bond acceptors (Lipinski definition) is 6. The van der Waals surface area contributed by atoms with Crippen LogP contribution in [0.1, 0.15) is 23.2 Å². The summed E-state index contributed by atoms with van der Waals surface area (Å²) in [7, 11) is 1.69. The normalized spacial score (nSPS) is 13.7. The monoisotopic (exact) mass is 475 g/mol. The van der Waals surface area contributed by atoms with E-state index in [0.29, 0.717) is 27.4 Å². The number of thiophene rings is 1. The topological polar surface area (TPSA) is 72.3 Å². The number of hydrogen-bond donors (Lipinski definition) is 0. The first-order chi connectivity index (χ1) is 16.0. The Morgan fingerprint density at radius 3 is 2.55 bits per heavy atom. The number of Topliss-reactive ketones (excluding diaryl/α,β-unsaturated/α-hetero) is 1. The van der Waals surface area contributed by atoms with Gasteiger partial charge in [-0.2, -0.15) is 0 Å². The molecule has 1 aliphatic rings. The summed E-state index contributed by atoms with van der Waals surface area (Å²) in [6.07, 6.45) is 1.44. The number of carbonyl (C=O) groups excluding carboxylic acids is 2. The molecule has 0 radical (unpaired) electrons. The quantitative estimate of drug-likeness (QED) is 0.228. The Hall–Kier alpha value is -3.23. The maximum atomic E-state index is 13.1. The van der Waals surface area contributed by atoms with E-state index in [1.165, 1.54) is 27.7 Å². The zero-order chi connectivity index (χ0) is 22.9. The second-order valence-corrected chi connectivity index (χ2v) is 9.66. The van der Waals surface area contributed by atoms with Crippen LogP contribution < -0.4 is 10.5 Å². The molecule has 166 valence electrons. The number of thioether (sulfide) groups is 1. The molecule has 0 saturated carbocycles. The molecule has 5 rings (SSSR count). The molecule has 3 heterocycles. The van der Waals surface area contributed by atoms with Crippen molar-refractivity contribution in [1.29, 1.82) is 0 Å². The molecule has 0 spiro atoms. The number of amides is 1. The smallest absolute Gasteiger partial charge is 0.263 e. The van der Waals surface area contributed by atoms with Gasteiger partial charge in [0.2, 0.25) is 5.91 Å². The van der Waals surface area contributed by atoms with Gasteiger partial charge in [0.25, 0.3) is 5.56 Å². The average Bonchev–Trinajstić information content (AvgIpc) is 3.47. The third kappa shape index (κ3) is 4.12. The lowest BCUT2D eigenvalue weighted by Crippen LogP contribution is -2.23. The van der Waals surface area contributed by atoms with Gasteiger partial charge < -0.3 is 4.90 Å². The maximum absolute atomic E-state index is 13.1. The van der Waals surface area contributed by atoms with Gasteiger partial charge in [0, 0.05) is 42.2 Å². The van der Waals surface area contributed by atoms with E-state index >= 15 is 0 Å². The predicted octanol–water partition coefficient (Wildman–Crippen LogP) is 4.76. The van der Waals surface area contributed by atoms with Crippen LogP contribution in [-0.4, -0.2) is 33.5 Å². The molecule has 8 heteroatoms. The van der Waals surface area contributed by atoms with Crippen molar-refractivity contribution in [1.82, 2.24) is 9.55 Å². The summed E-state index contributed by atoms with van der Waals surface area (Å²) in [5, 5.41) is 3.08. The van der Waals surface area contributed by atoms with Crippen LogP contribution in [0.2, 0.25) is 0 Å². The number of anilines is 1. The Morgan fingerprint density at radius 1 is 1.09 bits per heavy atom. The Balaban J connectivity index is 1.34. The number of nitrogens with zero attached hydrogens (tertiary/aromatic N) is 3. The van der Waals surface area contributed by atoms with Crippen LogP contribution in [0.5, 0.6) is 0 Å². The van der Waals surface area contributed by atoms with Gasteiger partial charge in [-0.3, -0.25) is 19.0 Å². The van der Waals surface area contributed by atoms with Gasteiger partial charge in [-0.15, -0.1) is 11.3 Å².